The molecule has 3 heteroatoms. The number of pyridine rings is 1. The van der Waals surface area contributed by atoms with E-state index in [1.807, 2.05) is 6.92 Å². The molecule has 0 spiro atoms. The van der Waals surface area contributed by atoms with Gasteiger partial charge >= 0.3 is 0 Å². The summed E-state index contributed by atoms with van der Waals surface area (Å²) in [5.74, 6) is 0. The predicted octanol–water partition coefficient (Wildman–Crippen LogP) is 4.02. The van der Waals surface area contributed by atoms with Gasteiger partial charge in [0, 0.05) is 16.4 Å². The number of aromatic nitrogens is 1. The van der Waals surface area contributed by atoms with Crippen LogP contribution in [-0.4, -0.2) is 10.3 Å². The Kier molecular flexibility index (Phi) is 3.59. The van der Waals surface area contributed by atoms with Gasteiger partial charge in [-0.25, -0.2) is 4.98 Å². The predicted molar refractivity (Wildman–Crippen MR) is 65.5 cm³/mol. The summed E-state index contributed by atoms with van der Waals surface area (Å²) in [5.41, 5.74) is 3.36. The van der Waals surface area contributed by atoms with E-state index < -0.39 is 0 Å². The fourth-order valence-corrected chi connectivity index (χ4v) is 2.49. The van der Waals surface area contributed by atoms with Crippen molar-refractivity contribution < 1.29 is 0 Å². The number of hydrogen-bond donors (Lipinski definition) is 0. The van der Waals surface area contributed by atoms with Gasteiger partial charge in [-0.05, 0) is 31.0 Å². The minimum Gasteiger partial charge on any atom is -0.241 e. The van der Waals surface area contributed by atoms with E-state index in [1.165, 1.54) is 5.56 Å². The SMILES string of the molecule is Cc1cc(C)c(C(C)(C)CBr)c(Cl)n1. The summed E-state index contributed by atoms with van der Waals surface area (Å²) in [6.45, 7) is 8.37. The second kappa shape index (κ2) is 4.19. The van der Waals surface area contributed by atoms with Crippen LogP contribution in [0.4, 0.5) is 0 Å². The van der Waals surface area contributed by atoms with Gasteiger partial charge in [0.05, 0.1) is 0 Å². The molecule has 0 amide bonds. The summed E-state index contributed by atoms with van der Waals surface area (Å²) in [7, 11) is 0. The smallest absolute Gasteiger partial charge is 0.133 e. The largest absolute Gasteiger partial charge is 0.241 e. The molecule has 0 aliphatic carbocycles. The van der Waals surface area contributed by atoms with Crippen molar-refractivity contribution in [3.63, 3.8) is 0 Å². The maximum atomic E-state index is 6.17. The van der Waals surface area contributed by atoms with Crippen molar-refractivity contribution in [2.24, 2.45) is 0 Å². The van der Waals surface area contributed by atoms with E-state index in [4.69, 9.17) is 11.6 Å². The summed E-state index contributed by atoms with van der Waals surface area (Å²) >= 11 is 9.67. The van der Waals surface area contributed by atoms with Crippen molar-refractivity contribution >= 4 is 27.5 Å². The summed E-state index contributed by atoms with van der Waals surface area (Å²) < 4.78 is 0. The van der Waals surface area contributed by atoms with Crippen LogP contribution in [0, 0.1) is 13.8 Å². The van der Waals surface area contributed by atoms with Crippen LogP contribution >= 0.6 is 27.5 Å². The van der Waals surface area contributed by atoms with Gasteiger partial charge in [-0.15, -0.1) is 0 Å². The molecule has 0 N–H and O–H groups in total. The molecule has 1 aromatic heterocycles. The fourth-order valence-electron chi connectivity index (χ4n) is 1.67. The Labute approximate surface area is 99.0 Å². The van der Waals surface area contributed by atoms with Crippen LogP contribution in [0.3, 0.4) is 0 Å². The van der Waals surface area contributed by atoms with Gasteiger partial charge in [0.1, 0.15) is 5.15 Å². The molecule has 0 aliphatic rings. The molecule has 78 valence electrons. The lowest BCUT2D eigenvalue weighted by atomic mass is 9.85. The molecule has 0 radical (unpaired) electrons. The van der Waals surface area contributed by atoms with Crippen molar-refractivity contribution in [2.75, 3.05) is 5.33 Å². The maximum absolute atomic E-state index is 6.17. The molecule has 1 nitrogen and oxygen atoms in total. The van der Waals surface area contributed by atoms with Crippen LogP contribution in [0.1, 0.15) is 30.7 Å². The lowest BCUT2D eigenvalue weighted by Gasteiger charge is -2.25. The molecular weight excluding hydrogens is 261 g/mol. The Morgan fingerprint density at radius 2 is 2.00 bits per heavy atom. The summed E-state index contributed by atoms with van der Waals surface area (Å²) in [4.78, 5) is 4.29. The van der Waals surface area contributed by atoms with E-state index in [-0.39, 0.29) is 5.41 Å². The molecule has 0 atom stereocenters. The summed E-state index contributed by atoms with van der Waals surface area (Å²) in [6.07, 6.45) is 0. The maximum Gasteiger partial charge on any atom is 0.133 e. The van der Waals surface area contributed by atoms with Crippen LogP contribution in [-0.2, 0) is 5.41 Å². The van der Waals surface area contributed by atoms with E-state index in [1.54, 1.807) is 0 Å². The lowest BCUT2D eigenvalue weighted by molar-refractivity contribution is 0.599. The highest BCUT2D eigenvalue weighted by molar-refractivity contribution is 9.09. The quantitative estimate of drug-likeness (QED) is 0.587. The van der Waals surface area contributed by atoms with Crippen LogP contribution in [0.15, 0.2) is 6.07 Å². The normalized spacial score (nSPS) is 11.9. The van der Waals surface area contributed by atoms with Crippen LogP contribution < -0.4 is 0 Å². The Hall–Kier alpha value is -0.0800. The van der Waals surface area contributed by atoms with Gasteiger partial charge in [0.15, 0.2) is 0 Å². The highest BCUT2D eigenvalue weighted by Crippen LogP contribution is 2.33. The topological polar surface area (TPSA) is 12.9 Å². The average molecular weight is 277 g/mol. The van der Waals surface area contributed by atoms with Gasteiger partial charge < -0.3 is 0 Å². The first-order chi connectivity index (χ1) is 6.38. The number of aryl methyl sites for hydroxylation is 2. The molecule has 0 fully saturated rings. The van der Waals surface area contributed by atoms with Gasteiger partial charge in [0.25, 0.3) is 0 Å². The minimum atomic E-state index is 0.0296. The zero-order valence-electron chi connectivity index (χ0n) is 8.99. The third kappa shape index (κ3) is 2.29. The van der Waals surface area contributed by atoms with Crippen molar-refractivity contribution in [1.29, 1.82) is 0 Å². The summed E-state index contributed by atoms with van der Waals surface area (Å²) in [5, 5.41) is 1.51. The standard InChI is InChI=1S/C11H15BrClN/c1-7-5-8(2)14-10(13)9(7)11(3,4)6-12/h5H,6H2,1-4H3. The second-order valence-corrected chi connectivity index (χ2v) is 5.18. The Balaban J connectivity index is 3.35. The molecule has 14 heavy (non-hydrogen) atoms. The number of halogens is 2. The third-order valence-corrected chi connectivity index (χ3v) is 3.99. The van der Waals surface area contributed by atoms with Gasteiger partial charge in [-0.1, -0.05) is 41.4 Å². The number of rotatable bonds is 2. The Morgan fingerprint density at radius 3 is 2.43 bits per heavy atom. The zero-order valence-corrected chi connectivity index (χ0v) is 11.3. The molecule has 1 heterocycles. The fraction of sp³-hybridized carbons (Fsp3) is 0.545. The lowest BCUT2D eigenvalue weighted by Crippen LogP contribution is -2.21. The van der Waals surface area contributed by atoms with Crippen molar-refractivity contribution in [3.05, 3.63) is 28.0 Å². The molecule has 1 rings (SSSR count). The first-order valence-corrected chi connectivity index (χ1v) is 6.08. The van der Waals surface area contributed by atoms with Crippen molar-refractivity contribution in [1.82, 2.24) is 4.98 Å². The van der Waals surface area contributed by atoms with E-state index in [0.717, 1.165) is 16.6 Å². The average Bonchev–Trinajstić information content (AvgIpc) is 2.01. The minimum absolute atomic E-state index is 0.0296. The number of alkyl halides is 1. The van der Waals surface area contributed by atoms with E-state index in [9.17, 15) is 0 Å². The van der Waals surface area contributed by atoms with Gasteiger partial charge in [-0.2, -0.15) is 0 Å². The van der Waals surface area contributed by atoms with Crippen molar-refractivity contribution in [3.8, 4) is 0 Å². The molecule has 0 saturated heterocycles. The van der Waals surface area contributed by atoms with E-state index >= 15 is 0 Å². The molecule has 0 unspecified atom stereocenters. The Bertz CT molecular complexity index is 324. The summed E-state index contributed by atoms with van der Waals surface area (Å²) in [6, 6.07) is 2.08. The van der Waals surface area contributed by atoms with Crippen molar-refractivity contribution in [2.45, 2.75) is 33.1 Å². The first-order valence-electron chi connectivity index (χ1n) is 4.58. The van der Waals surface area contributed by atoms with Gasteiger partial charge in [-0.3, -0.25) is 0 Å². The third-order valence-electron chi connectivity index (χ3n) is 2.31. The zero-order chi connectivity index (χ0) is 10.9. The molecule has 0 bridgehead atoms. The van der Waals surface area contributed by atoms with E-state index in [2.05, 4.69) is 47.8 Å². The molecule has 1 aromatic rings. The number of hydrogen-bond acceptors (Lipinski definition) is 1. The second-order valence-electron chi connectivity index (χ2n) is 4.26. The monoisotopic (exact) mass is 275 g/mol. The molecule has 0 saturated carbocycles. The Morgan fingerprint density at radius 1 is 1.43 bits per heavy atom. The van der Waals surface area contributed by atoms with Gasteiger partial charge in [0.2, 0.25) is 0 Å². The number of nitrogens with zero attached hydrogens (tertiary/aromatic N) is 1. The van der Waals surface area contributed by atoms with Crippen LogP contribution in [0.25, 0.3) is 0 Å². The highest BCUT2D eigenvalue weighted by Gasteiger charge is 2.24. The molecule has 0 aromatic carbocycles. The van der Waals surface area contributed by atoms with Crippen LogP contribution in [0.2, 0.25) is 5.15 Å². The van der Waals surface area contributed by atoms with Crippen LogP contribution in [0.5, 0.6) is 0 Å². The highest BCUT2D eigenvalue weighted by atomic mass is 79.9. The van der Waals surface area contributed by atoms with E-state index in [0.29, 0.717) is 5.15 Å². The molecular formula is C11H15BrClN. The first kappa shape index (κ1) is 12.0. The molecule has 0 aliphatic heterocycles.